The van der Waals surface area contributed by atoms with E-state index in [1.165, 1.54) is 18.1 Å². The number of methoxy groups -OCH3 is 1. The zero-order valence-electron chi connectivity index (χ0n) is 14.9. The van der Waals surface area contributed by atoms with Crippen molar-refractivity contribution in [2.45, 2.75) is 11.8 Å². The summed E-state index contributed by atoms with van der Waals surface area (Å²) < 4.78 is 28.2. The Morgan fingerprint density at radius 3 is 2.23 bits per heavy atom. The molecular weight excluding hydrogens is 356 g/mol. The number of hydrogen-bond donors (Lipinski definition) is 1. The molecule has 7 nitrogen and oxygen atoms in total. The lowest BCUT2D eigenvalue weighted by molar-refractivity contribution is 0.102. The summed E-state index contributed by atoms with van der Waals surface area (Å²) in [5.74, 6) is -0.427. The maximum absolute atomic E-state index is 12.4. The quantitative estimate of drug-likeness (QED) is 0.886. The Labute approximate surface area is 152 Å². The largest absolute Gasteiger partial charge is 0.452 e. The van der Waals surface area contributed by atoms with Gasteiger partial charge in [0.25, 0.3) is 5.91 Å². The lowest BCUT2D eigenvalue weighted by Gasteiger charge is -2.16. The van der Waals surface area contributed by atoms with Crippen LogP contribution in [0.4, 0.5) is 16.2 Å². The highest BCUT2D eigenvalue weighted by Crippen LogP contribution is 2.20. The molecule has 2 aromatic rings. The molecule has 0 saturated carbocycles. The van der Waals surface area contributed by atoms with Crippen molar-refractivity contribution >= 4 is 33.2 Å². The van der Waals surface area contributed by atoms with Crippen molar-refractivity contribution in [3.8, 4) is 0 Å². The normalized spacial score (nSPS) is 10.9. The van der Waals surface area contributed by atoms with Gasteiger partial charge in [-0.25, -0.2) is 13.2 Å². The number of nitrogens with zero attached hydrogens (tertiary/aromatic N) is 1. The number of hydrogen-bond acceptors (Lipinski definition) is 5. The molecule has 0 aromatic heterocycles. The van der Waals surface area contributed by atoms with Crippen LogP contribution >= 0.6 is 0 Å². The number of carbonyl (C=O) groups excluding carboxylic acids is 2. The van der Waals surface area contributed by atoms with Gasteiger partial charge in [-0.2, -0.15) is 0 Å². The van der Waals surface area contributed by atoms with E-state index in [9.17, 15) is 18.0 Å². The minimum absolute atomic E-state index is 0.125. The summed E-state index contributed by atoms with van der Waals surface area (Å²) in [7, 11) is -0.558. The second-order valence-corrected chi connectivity index (χ2v) is 7.77. The van der Waals surface area contributed by atoms with Crippen LogP contribution < -0.4 is 10.2 Å². The lowest BCUT2D eigenvalue weighted by atomic mass is 10.1. The molecule has 2 amide bonds. The van der Waals surface area contributed by atoms with E-state index in [1.54, 1.807) is 50.4 Å². The smallest absolute Gasteiger partial charge is 0.413 e. The van der Waals surface area contributed by atoms with Crippen LogP contribution in [0.2, 0.25) is 0 Å². The molecule has 0 aliphatic heterocycles. The van der Waals surface area contributed by atoms with Crippen molar-refractivity contribution in [3.05, 3.63) is 53.6 Å². The average molecular weight is 376 g/mol. The summed E-state index contributed by atoms with van der Waals surface area (Å²) >= 11 is 0. The van der Waals surface area contributed by atoms with Gasteiger partial charge in [0.15, 0.2) is 9.84 Å². The van der Waals surface area contributed by atoms with Gasteiger partial charge in [-0.3, -0.25) is 9.69 Å². The minimum atomic E-state index is -3.42. The van der Waals surface area contributed by atoms with Gasteiger partial charge in [-0.05, 0) is 48.9 Å². The SMILES string of the molecule is COC(=O)N(C)c1ccc(NC(=O)c2ccc(C)c(S(C)(=O)=O)c2)cc1. The highest BCUT2D eigenvalue weighted by molar-refractivity contribution is 7.90. The minimum Gasteiger partial charge on any atom is -0.452 e. The van der Waals surface area contributed by atoms with Crippen LogP contribution in [-0.2, 0) is 14.6 Å². The molecule has 0 saturated heterocycles. The summed E-state index contributed by atoms with van der Waals surface area (Å²) in [4.78, 5) is 25.3. The molecule has 2 aromatic carbocycles. The third-order valence-electron chi connectivity index (χ3n) is 3.81. The van der Waals surface area contributed by atoms with Crippen LogP contribution in [0, 0.1) is 6.92 Å². The van der Waals surface area contributed by atoms with E-state index in [0.717, 1.165) is 6.26 Å². The zero-order valence-corrected chi connectivity index (χ0v) is 15.8. The predicted molar refractivity (Wildman–Crippen MR) is 99.5 cm³/mol. The molecule has 0 radical (unpaired) electrons. The van der Waals surface area contributed by atoms with Crippen molar-refractivity contribution in [2.24, 2.45) is 0 Å². The molecular formula is C18H20N2O5S. The molecule has 0 aliphatic carbocycles. The number of benzene rings is 2. The fourth-order valence-corrected chi connectivity index (χ4v) is 3.35. The van der Waals surface area contributed by atoms with Crippen LogP contribution in [0.25, 0.3) is 0 Å². The third-order valence-corrected chi connectivity index (χ3v) is 5.05. The average Bonchev–Trinajstić information content (AvgIpc) is 2.60. The van der Waals surface area contributed by atoms with E-state index in [0.29, 0.717) is 16.9 Å². The molecule has 8 heteroatoms. The molecule has 1 N–H and O–H groups in total. The fourth-order valence-electron chi connectivity index (χ4n) is 2.35. The molecule has 0 atom stereocenters. The maximum atomic E-state index is 12.4. The van der Waals surface area contributed by atoms with E-state index >= 15 is 0 Å². The van der Waals surface area contributed by atoms with Crippen LogP contribution in [0.15, 0.2) is 47.4 Å². The van der Waals surface area contributed by atoms with Crippen molar-refractivity contribution in [3.63, 3.8) is 0 Å². The first-order valence-electron chi connectivity index (χ1n) is 7.67. The summed E-state index contributed by atoms with van der Waals surface area (Å²) in [5, 5.41) is 2.70. The van der Waals surface area contributed by atoms with Crippen molar-refractivity contribution in [1.29, 1.82) is 0 Å². The molecule has 0 bridgehead atoms. The number of anilines is 2. The monoisotopic (exact) mass is 376 g/mol. The van der Waals surface area contributed by atoms with E-state index in [1.807, 2.05) is 0 Å². The third kappa shape index (κ3) is 4.40. The standard InChI is InChI=1S/C18H20N2O5S/c1-12-5-6-13(11-16(12)26(4,23)24)17(21)19-14-7-9-15(10-8-14)20(2)18(22)25-3/h5-11H,1-4H3,(H,19,21). The van der Waals surface area contributed by atoms with Gasteiger partial charge in [-0.1, -0.05) is 6.07 Å². The maximum Gasteiger partial charge on any atom is 0.413 e. The van der Waals surface area contributed by atoms with Gasteiger partial charge in [0.2, 0.25) is 0 Å². The molecule has 0 spiro atoms. The molecule has 138 valence electrons. The topological polar surface area (TPSA) is 92.8 Å². The molecule has 0 unspecified atom stereocenters. The highest BCUT2D eigenvalue weighted by Gasteiger charge is 2.15. The summed E-state index contributed by atoms with van der Waals surface area (Å²) in [6.07, 6.45) is 0.600. The van der Waals surface area contributed by atoms with Crippen LogP contribution in [0.5, 0.6) is 0 Å². The first-order chi connectivity index (χ1) is 12.1. The Kier molecular flexibility index (Phi) is 5.66. The molecule has 0 heterocycles. The zero-order chi connectivity index (χ0) is 19.5. The van der Waals surface area contributed by atoms with E-state index in [2.05, 4.69) is 10.1 Å². The predicted octanol–water partition coefficient (Wildman–Crippen LogP) is 2.85. The summed E-state index contributed by atoms with van der Waals surface area (Å²) in [6.45, 7) is 1.68. The van der Waals surface area contributed by atoms with E-state index in [4.69, 9.17) is 0 Å². The highest BCUT2D eigenvalue weighted by atomic mass is 32.2. The van der Waals surface area contributed by atoms with Gasteiger partial charge in [-0.15, -0.1) is 0 Å². The Morgan fingerprint density at radius 2 is 1.69 bits per heavy atom. The lowest BCUT2D eigenvalue weighted by Crippen LogP contribution is -2.25. The number of sulfone groups is 1. The van der Waals surface area contributed by atoms with Gasteiger partial charge in [0, 0.05) is 30.2 Å². The summed E-state index contributed by atoms with van der Waals surface area (Å²) in [5.41, 5.74) is 1.94. The van der Waals surface area contributed by atoms with Gasteiger partial charge in [0.1, 0.15) is 0 Å². The number of aryl methyl sites for hydroxylation is 1. The fraction of sp³-hybridized carbons (Fsp3) is 0.222. The first-order valence-corrected chi connectivity index (χ1v) is 9.56. The second kappa shape index (κ2) is 7.57. The first kappa shape index (κ1) is 19.5. The van der Waals surface area contributed by atoms with Crippen molar-refractivity contribution in [2.75, 3.05) is 30.6 Å². The number of ether oxygens (including phenoxy) is 1. The Hall–Kier alpha value is -2.87. The van der Waals surface area contributed by atoms with E-state index < -0.39 is 21.8 Å². The van der Waals surface area contributed by atoms with Crippen LogP contribution in [0.3, 0.4) is 0 Å². The van der Waals surface area contributed by atoms with Gasteiger partial charge >= 0.3 is 6.09 Å². The van der Waals surface area contributed by atoms with Gasteiger partial charge < -0.3 is 10.1 Å². The molecule has 2 rings (SSSR count). The Balaban J connectivity index is 2.19. The van der Waals surface area contributed by atoms with Gasteiger partial charge in [0.05, 0.1) is 12.0 Å². The molecule has 0 aliphatic rings. The van der Waals surface area contributed by atoms with Crippen molar-refractivity contribution < 1.29 is 22.7 Å². The molecule has 0 fully saturated rings. The Morgan fingerprint density at radius 1 is 1.08 bits per heavy atom. The van der Waals surface area contributed by atoms with E-state index in [-0.39, 0.29) is 10.5 Å². The number of amides is 2. The second-order valence-electron chi connectivity index (χ2n) is 5.78. The van der Waals surface area contributed by atoms with Crippen LogP contribution in [-0.4, -0.2) is 40.8 Å². The number of nitrogens with one attached hydrogen (secondary N) is 1. The number of carbonyl (C=O) groups is 2. The Bertz CT molecular complexity index is 937. The molecule has 26 heavy (non-hydrogen) atoms. The van der Waals surface area contributed by atoms with Crippen LogP contribution in [0.1, 0.15) is 15.9 Å². The van der Waals surface area contributed by atoms with Crippen molar-refractivity contribution in [1.82, 2.24) is 0 Å². The summed E-state index contributed by atoms with van der Waals surface area (Å²) in [6, 6.07) is 11.1. The number of rotatable bonds is 4.